The summed E-state index contributed by atoms with van der Waals surface area (Å²) in [6, 6.07) is 8.54. The van der Waals surface area contributed by atoms with Gasteiger partial charge < -0.3 is 4.57 Å². The highest BCUT2D eigenvalue weighted by atomic mass is 79.9. The van der Waals surface area contributed by atoms with Gasteiger partial charge in [-0.15, -0.1) is 11.6 Å². The van der Waals surface area contributed by atoms with Gasteiger partial charge >= 0.3 is 0 Å². The van der Waals surface area contributed by atoms with Crippen LogP contribution in [0.5, 0.6) is 0 Å². The number of aromatic nitrogens is 3. The van der Waals surface area contributed by atoms with E-state index in [1.165, 1.54) is 6.07 Å². The van der Waals surface area contributed by atoms with Crippen LogP contribution in [0, 0.1) is 5.82 Å². The third kappa shape index (κ3) is 2.43. The van der Waals surface area contributed by atoms with E-state index < -0.39 is 0 Å². The van der Waals surface area contributed by atoms with E-state index in [0.29, 0.717) is 23.6 Å². The number of pyridine rings is 1. The fraction of sp³-hybridized carbons (Fsp3) is 0.143. The summed E-state index contributed by atoms with van der Waals surface area (Å²) in [6.07, 6.45) is 1.69. The summed E-state index contributed by atoms with van der Waals surface area (Å²) in [4.78, 5) is 8.78. The highest BCUT2D eigenvalue weighted by Gasteiger charge is 2.13. The van der Waals surface area contributed by atoms with Gasteiger partial charge in [0, 0.05) is 16.2 Å². The first-order valence-electron chi connectivity index (χ1n) is 5.99. The van der Waals surface area contributed by atoms with E-state index in [-0.39, 0.29) is 11.7 Å². The first-order valence-corrected chi connectivity index (χ1v) is 7.32. The number of imidazole rings is 1. The second-order valence-electron chi connectivity index (χ2n) is 4.34. The van der Waals surface area contributed by atoms with Crippen molar-refractivity contribution in [3.05, 3.63) is 58.2 Å². The van der Waals surface area contributed by atoms with Crippen molar-refractivity contribution in [3.63, 3.8) is 0 Å². The lowest BCUT2D eigenvalue weighted by Gasteiger charge is -2.08. The molecular weight excluding hydrogens is 345 g/mol. The fourth-order valence-electron chi connectivity index (χ4n) is 2.10. The molecule has 20 heavy (non-hydrogen) atoms. The first kappa shape index (κ1) is 13.5. The molecule has 3 aromatic rings. The molecule has 0 saturated heterocycles. The molecule has 0 amide bonds. The van der Waals surface area contributed by atoms with Crippen molar-refractivity contribution < 1.29 is 4.39 Å². The Bertz CT molecular complexity index is 772. The van der Waals surface area contributed by atoms with Gasteiger partial charge in [0.15, 0.2) is 5.65 Å². The third-order valence-corrected chi connectivity index (χ3v) is 3.71. The maximum absolute atomic E-state index is 13.8. The molecule has 0 N–H and O–H groups in total. The molecule has 0 aliphatic carbocycles. The zero-order chi connectivity index (χ0) is 14.1. The van der Waals surface area contributed by atoms with Crippen LogP contribution in [0.15, 0.2) is 41.0 Å². The molecule has 102 valence electrons. The highest BCUT2D eigenvalue weighted by Crippen LogP contribution is 2.21. The van der Waals surface area contributed by atoms with Crippen LogP contribution >= 0.6 is 27.5 Å². The van der Waals surface area contributed by atoms with E-state index >= 15 is 0 Å². The maximum Gasteiger partial charge on any atom is 0.160 e. The molecule has 2 heterocycles. The van der Waals surface area contributed by atoms with Crippen LogP contribution in [-0.2, 0) is 12.4 Å². The van der Waals surface area contributed by atoms with Crippen LogP contribution in [0.1, 0.15) is 11.4 Å². The van der Waals surface area contributed by atoms with Gasteiger partial charge in [0.25, 0.3) is 0 Å². The Morgan fingerprint density at radius 1 is 1.30 bits per heavy atom. The van der Waals surface area contributed by atoms with Gasteiger partial charge in [-0.2, -0.15) is 0 Å². The van der Waals surface area contributed by atoms with Gasteiger partial charge in [-0.25, -0.2) is 14.4 Å². The molecule has 0 bridgehead atoms. The molecule has 3 nitrogen and oxygen atoms in total. The summed E-state index contributed by atoms with van der Waals surface area (Å²) < 4.78 is 16.5. The Morgan fingerprint density at radius 2 is 2.10 bits per heavy atom. The molecule has 0 unspecified atom stereocenters. The van der Waals surface area contributed by atoms with Crippen molar-refractivity contribution in [3.8, 4) is 0 Å². The van der Waals surface area contributed by atoms with Crippen LogP contribution in [0.3, 0.4) is 0 Å². The van der Waals surface area contributed by atoms with Gasteiger partial charge in [-0.3, -0.25) is 0 Å². The molecule has 0 spiro atoms. The molecule has 0 saturated carbocycles. The minimum atomic E-state index is -0.244. The van der Waals surface area contributed by atoms with Crippen molar-refractivity contribution in [2.75, 3.05) is 0 Å². The highest BCUT2D eigenvalue weighted by molar-refractivity contribution is 9.10. The third-order valence-electron chi connectivity index (χ3n) is 3.04. The molecule has 0 radical (unpaired) electrons. The molecule has 0 fully saturated rings. The second-order valence-corrected chi connectivity index (χ2v) is 5.52. The molecular formula is C14H10BrClFN3. The number of benzene rings is 1. The van der Waals surface area contributed by atoms with E-state index in [1.54, 1.807) is 18.3 Å². The van der Waals surface area contributed by atoms with Crippen LogP contribution < -0.4 is 0 Å². The summed E-state index contributed by atoms with van der Waals surface area (Å²) in [5.41, 5.74) is 2.03. The summed E-state index contributed by atoms with van der Waals surface area (Å²) >= 11 is 9.29. The average Bonchev–Trinajstić information content (AvgIpc) is 2.78. The number of halogens is 3. The van der Waals surface area contributed by atoms with Crippen molar-refractivity contribution in [1.82, 2.24) is 14.5 Å². The molecule has 0 atom stereocenters. The molecule has 6 heteroatoms. The Kier molecular flexibility index (Phi) is 3.72. The van der Waals surface area contributed by atoms with Crippen LogP contribution in [0.4, 0.5) is 4.39 Å². The number of nitrogens with zero attached hydrogens (tertiary/aromatic N) is 3. The summed E-state index contributed by atoms with van der Waals surface area (Å²) in [7, 11) is 0. The monoisotopic (exact) mass is 353 g/mol. The number of alkyl halides is 1. The van der Waals surface area contributed by atoms with E-state index in [1.807, 2.05) is 16.7 Å². The molecule has 0 aliphatic rings. The quantitative estimate of drug-likeness (QED) is 0.662. The van der Waals surface area contributed by atoms with Crippen LogP contribution in [-0.4, -0.2) is 14.5 Å². The van der Waals surface area contributed by atoms with Crippen molar-refractivity contribution in [1.29, 1.82) is 0 Å². The van der Waals surface area contributed by atoms with E-state index in [9.17, 15) is 4.39 Å². The van der Waals surface area contributed by atoms with Crippen LogP contribution in [0.2, 0.25) is 0 Å². The van der Waals surface area contributed by atoms with Crippen molar-refractivity contribution in [2.45, 2.75) is 12.4 Å². The fourth-order valence-corrected chi connectivity index (χ4v) is 2.62. The minimum absolute atomic E-state index is 0.244. The minimum Gasteiger partial charge on any atom is -0.307 e. The van der Waals surface area contributed by atoms with Gasteiger partial charge in [-0.1, -0.05) is 18.2 Å². The predicted octanol–water partition coefficient (Wildman–Crippen LogP) is 4.12. The van der Waals surface area contributed by atoms with Crippen molar-refractivity contribution in [2.24, 2.45) is 0 Å². The topological polar surface area (TPSA) is 30.7 Å². The number of hydrogen-bond donors (Lipinski definition) is 0. The van der Waals surface area contributed by atoms with Gasteiger partial charge in [0.05, 0.1) is 12.4 Å². The Morgan fingerprint density at radius 3 is 2.85 bits per heavy atom. The summed E-state index contributed by atoms with van der Waals surface area (Å²) in [5, 5.41) is 0. The lowest BCUT2D eigenvalue weighted by molar-refractivity contribution is 0.598. The SMILES string of the molecule is Fc1ccccc1Cn1c(CCl)nc2cc(Br)cnc21. The van der Waals surface area contributed by atoms with E-state index in [4.69, 9.17) is 11.6 Å². The Balaban J connectivity index is 2.12. The number of fused-ring (bicyclic) bond motifs is 1. The zero-order valence-electron chi connectivity index (χ0n) is 10.4. The smallest absolute Gasteiger partial charge is 0.160 e. The molecule has 0 aliphatic heterocycles. The standard InChI is InChI=1S/C14H10BrClFN3/c15-10-5-12-14(18-7-10)20(13(6-16)19-12)8-9-3-1-2-4-11(9)17/h1-5,7H,6,8H2. The predicted molar refractivity (Wildman–Crippen MR) is 80.3 cm³/mol. The lowest BCUT2D eigenvalue weighted by atomic mass is 10.2. The largest absolute Gasteiger partial charge is 0.307 e. The van der Waals surface area contributed by atoms with E-state index in [0.717, 1.165) is 9.99 Å². The van der Waals surface area contributed by atoms with Gasteiger partial charge in [0.1, 0.15) is 17.2 Å². The number of rotatable bonds is 3. The lowest BCUT2D eigenvalue weighted by Crippen LogP contribution is -2.06. The maximum atomic E-state index is 13.8. The van der Waals surface area contributed by atoms with Gasteiger partial charge in [0.2, 0.25) is 0 Å². The Hall–Kier alpha value is -1.46. The zero-order valence-corrected chi connectivity index (χ0v) is 12.7. The Labute approximate surface area is 128 Å². The van der Waals surface area contributed by atoms with Gasteiger partial charge in [-0.05, 0) is 28.1 Å². The number of hydrogen-bond acceptors (Lipinski definition) is 2. The second kappa shape index (κ2) is 5.50. The average molecular weight is 355 g/mol. The van der Waals surface area contributed by atoms with Crippen LogP contribution in [0.25, 0.3) is 11.2 Å². The molecule has 2 aromatic heterocycles. The molecule has 3 rings (SSSR count). The molecule has 1 aromatic carbocycles. The van der Waals surface area contributed by atoms with E-state index in [2.05, 4.69) is 25.9 Å². The summed E-state index contributed by atoms with van der Waals surface area (Å²) in [5.74, 6) is 0.685. The summed E-state index contributed by atoms with van der Waals surface area (Å²) in [6.45, 7) is 0.361. The normalized spacial score (nSPS) is 11.2. The van der Waals surface area contributed by atoms with Crippen molar-refractivity contribution >= 4 is 38.7 Å². The first-order chi connectivity index (χ1) is 9.69.